The molecule has 2 N–H and O–H groups in total. The van der Waals surface area contributed by atoms with Gasteiger partial charge in [0.15, 0.2) is 6.10 Å². The second-order valence-corrected chi connectivity index (χ2v) is 8.83. The van der Waals surface area contributed by atoms with E-state index in [1.54, 1.807) is 31.2 Å². The number of amides is 2. The summed E-state index contributed by atoms with van der Waals surface area (Å²) in [5, 5.41) is 5.74. The van der Waals surface area contributed by atoms with Crippen molar-refractivity contribution in [3.63, 3.8) is 0 Å². The molecule has 166 valence electrons. The Morgan fingerprint density at radius 3 is 2.16 bits per heavy atom. The molecule has 0 spiro atoms. The van der Waals surface area contributed by atoms with Crippen LogP contribution in [0.25, 0.3) is 0 Å². The molecule has 2 amide bonds. The third-order valence-electron chi connectivity index (χ3n) is 5.28. The van der Waals surface area contributed by atoms with Crippen molar-refractivity contribution in [2.24, 2.45) is 0 Å². The smallest absolute Gasteiger partial charge is 0.265 e. The van der Waals surface area contributed by atoms with Crippen molar-refractivity contribution in [3.8, 4) is 5.75 Å². The minimum atomic E-state index is -0.746. The first-order valence-electron chi connectivity index (χ1n) is 10.4. The molecule has 0 aromatic heterocycles. The van der Waals surface area contributed by atoms with Crippen molar-refractivity contribution in [3.05, 3.63) is 86.9 Å². The van der Waals surface area contributed by atoms with Crippen LogP contribution in [-0.4, -0.2) is 17.9 Å². The number of ether oxygens (including phenoxy) is 1. The van der Waals surface area contributed by atoms with Crippen LogP contribution in [0.15, 0.2) is 59.1 Å². The fraction of sp³-hybridized carbons (Fsp3) is 0.231. The zero-order valence-corrected chi connectivity index (χ0v) is 20.5. The lowest BCUT2D eigenvalue weighted by Crippen LogP contribution is -2.31. The van der Waals surface area contributed by atoms with E-state index in [0.29, 0.717) is 22.7 Å². The fourth-order valence-corrected chi connectivity index (χ4v) is 4.04. The van der Waals surface area contributed by atoms with Crippen molar-refractivity contribution in [2.75, 3.05) is 10.6 Å². The van der Waals surface area contributed by atoms with Gasteiger partial charge in [-0.15, -0.1) is 0 Å². The van der Waals surface area contributed by atoms with Crippen LogP contribution >= 0.6 is 15.9 Å². The highest BCUT2D eigenvalue weighted by Gasteiger charge is 2.20. The molecular weight excluding hydrogens is 468 g/mol. The number of benzene rings is 3. The summed E-state index contributed by atoms with van der Waals surface area (Å²) in [6, 6.07) is 16.6. The molecule has 0 bridgehead atoms. The molecule has 0 saturated heterocycles. The fourth-order valence-electron chi connectivity index (χ4n) is 3.36. The summed E-state index contributed by atoms with van der Waals surface area (Å²) in [7, 11) is 0. The van der Waals surface area contributed by atoms with E-state index in [1.165, 1.54) is 0 Å². The Labute approximate surface area is 197 Å². The second-order valence-electron chi connectivity index (χ2n) is 7.92. The van der Waals surface area contributed by atoms with E-state index in [9.17, 15) is 9.59 Å². The predicted octanol–water partition coefficient (Wildman–Crippen LogP) is 6.34. The van der Waals surface area contributed by atoms with Crippen molar-refractivity contribution >= 4 is 39.1 Å². The van der Waals surface area contributed by atoms with Gasteiger partial charge in [0.25, 0.3) is 11.8 Å². The molecule has 3 aromatic rings. The lowest BCUT2D eigenvalue weighted by molar-refractivity contribution is -0.122. The number of rotatable bonds is 6. The predicted molar refractivity (Wildman–Crippen MR) is 133 cm³/mol. The molecule has 1 atom stereocenters. The number of aryl methyl sites for hydroxylation is 4. The zero-order chi connectivity index (χ0) is 23.4. The molecule has 3 aromatic carbocycles. The van der Waals surface area contributed by atoms with E-state index in [-0.39, 0.29) is 11.8 Å². The largest absolute Gasteiger partial charge is 0.480 e. The van der Waals surface area contributed by atoms with Crippen molar-refractivity contribution in [1.29, 1.82) is 0 Å². The maximum atomic E-state index is 12.9. The van der Waals surface area contributed by atoms with Gasteiger partial charge in [-0.2, -0.15) is 0 Å². The Hall–Kier alpha value is -3.12. The average molecular weight is 495 g/mol. The number of anilines is 2. The summed E-state index contributed by atoms with van der Waals surface area (Å²) < 4.78 is 6.91. The number of hydrogen-bond donors (Lipinski definition) is 2. The standard InChI is InChI=1S/C26H27BrN2O3/c1-15-10-11-21(14-16(15)2)28-26(31)22-8-6-7-9-23(22)29-25(30)19(5)32-24-17(3)12-20(27)13-18(24)4/h6-14,19H,1-5H3,(H,28,31)(H,29,30). The van der Waals surface area contributed by atoms with Gasteiger partial charge in [-0.25, -0.2) is 0 Å². The monoisotopic (exact) mass is 494 g/mol. The van der Waals surface area contributed by atoms with Crippen LogP contribution < -0.4 is 15.4 Å². The maximum absolute atomic E-state index is 12.9. The molecule has 0 radical (unpaired) electrons. The van der Waals surface area contributed by atoms with Crippen LogP contribution in [0.4, 0.5) is 11.4 Å². The van der Waals surface area contributed by atoms with Gasteiger partial charge in [0.2, 0.25) is 0 Å². The number of halogens is 1. The lowest BCUT2D eigenvalue weighted by Gasteiger charge is -2.19. The summed E-state index contributed by atoms with van der Waals surface area (Å²) in [6.45, 7) is 9.57. The van der Waals surface area contributed by atoms with E-state index >= 15 is 0 Å². The minimum Gasteiger partial charge on any atom is -0.480 e. The zero-order valence-electron chi connectivity index (χ0n) is 18.9. The maximum Gasteiger partial charge on any atom is 0.265 e. The van der Waals surface area contributed by atoms with E-state index in [2.05, 4.69) is 26.6 Å². The summed E-state index contributed by atoms with van der Waals surface area (Å²) in [5.74, 6) is 0.0482. The number of para-hydroxylation sites is 1. The third kappa shape index (κ3) is 5.56. The Bertz CT molecular complexity index is 1150. The summed E-state index contributed by atoms with van der Waals surface area (Å²) in [5.41, 5.74) is 5.63. The van der Waals surface area contributed by atoms with Gasteiger partial charge in [-0.1, -0.05) is 34.1 Å². The van der Waals surface area contributed by atoms with Gasteiger partial charge in [0.05, 0.1) is 11.3 Å². The molecule has 32 heavy (non-hydrogen) atoms. The Kier molecular flexibility index (Phi) is 7.36. The molecule has 0 aliphatic carbocycles. The highest BCUT2D eigenvalue weighted by Crippen LogP contribution is 2.28. The first kappa shape index (κ1) is 23.5. The number of carbonyl (C=O) groups excluding carboxylic acids is 2. The molecule has 0 heterocycles. The van der Waals surface area contributed by atoms with Gasteiger partial charge in [0.1, 0.15) is 5.75 Å². The quantitative estimate of drug-likeness (QED) is 0.419. The number of carbonyl (C=O) groups is 2. The van der Waals surface area contributed by atoms with Gasteiger partial charge < -0.3 is 15.4 Å². The Morgan fingerprint density at radius 1 is 0.844 bits per heavy atom. The van der Waals surface area contributed by atoms with E-state index in [1.807, 2.05) is 58.0 Å². The highest BCUT2D eigenvalue weighted by atomic mass is 79.9. The molecule has 0 saturated carbocycles. The highest BCUT2D eigenvalue weighted by molar-refractivity contribution is 9.10. The summed E-state index contributed by atoms with van der Waals surface area (Å²) >= 11 is 3.47. The summed E-state index contributed by atoms with van der Waals surface area (Å²) in [6.07, 6.45) is -0.746. The second kappa shape index (κ2) is 10.0. The van der Waals surface area contributed by atoms with Crippen LogP contribution in [0, 0.1) is 27.7 Å². The van der Waals surface area contributed by atoms with E-state index < -0.39 is 6.10 Å². The number of nitrogens with one attached hydrogen (secondary N) is 2. The summed E-state index contributed by atoms with van der Waals surface area (Å²) in [4.78, 5) is 25.7. The van der Waals surface area contributed by atoms with Gasteiger partial charge >= 0.3 is 0 Å². The number of hydrogen-bond acceptors (Lipinski definition) is 3. The van der Waals surface area contributed by atoms with Gasteiger partial charge in [-0.05, 0) is 93.3 Å². The van der Waals surface area contributed by atoms with Crippen LogP contribution in [-0.2, 0) is 4.79 Å². The molecule has 1 unspecified atom stereocenters. The van der Waals surface area contributed by atoms with Crippen molar-refractivity contribution < 1.29 is 14.3 Å². The average Bonchev–Trinajstić information content (AvgIpc) is 2.73. The normalized spacial score (nSPS) is 11.6. The van der Waals surface area contributed by atoms with Crippen molar-refractivity contribution in [1.82, 2.24) is 0 Å². The SMILES string of the molecule is Cc1ccc(NC(=O)c2ccccc2NC(=O)C(C)Oc2c(C)cc(Br)cc2C)cc1C. The molecule has 0 aliphatic heterocycles. The van der Waals surface area contributed by atoms with Crippen LogP contribution in [0.1, 0.15) is 39.5 Å². The molecular formula is C26H27BrN2O3. The van der Waals surface area contributed by atoms with Crippen molar-refractivity contribution in [2.45, 2.75) is 40.7 Å². The molecule has 6 heteroatoms. The Morgan fingerprint density at radius 2 is 1.50 bits per heavy atom. The van der Waals surface area contributed by atoms with E-state index in [4.69, 9.17) is 4.74 Å². The van der Waals surface area contributed by atoms with Gasteiger partial charge in [0, 0.05) is 10.2 Å². The van der Waals surface area contributed by atoms with Gasteiger partial charge in [-0.3, -0.25) is 9.59 Å². The first-order chi connectivity index (χ1) is 15.2. The first-order valence-corrected chi connectivity index (χ1v) is 11.2. The van der Waals surface area contributed by atoms with Crippen LogP contribution in [0.3, 0.4) is 0 Å². The molecule has 5 nitrogen and oxygen atoms in total. The Balaban J connectivity index is 1.74. The van der Waals surface area contributed by atoms with Crippen LogP contribution in [0.5, 0.6) is 5.75 Å². The van der Waals surface area contributed by atoms with Crippen LogP contribution in [0.2, 0.25) is 0 Å². The molecule has 0 aliphatic rings. The minimum absolute atomic E-state index is 0.294. The third-order valence-corrected chi connectivity index (χ3v) is 5.74. The van der Waals surface area contributed by atoms with E-state index in [0.717, 1.165) is 26.7 Å². The lowest BCUT2D eigenvalue weighted by atomic mass is 10.1. The topological polar surface area (TPSA) is 67.4 Å². The molecule has 3 rings (SSSR count). The molecule has 0 fully saturated rings.